The largest absolute Gasteiger partial charge is 0.462 e. The van der Waals surface area contributed by atoms with Crippen LogP contribution in [0.3, 0.4) is 0 Å². The molecule has 0 fully saturated rings. The van der Waals surface area contributed by atoms with Crippen LogP contribution < -0.4 is 0 Å². The molecule has 0 aliphatic heterocycles. The number of esters is 2. The van der Waals surface area contributed by atoms with Crippen molar-refractivity contribution in [2.24, 2.45) is 0 Å². The average Bonchev–Trinajstić information content (AvgIpc) is 3.34. The Kier molecular flexibility index (Phi) is 54.9. The van der Waals surface area contributed by atoms with Crippen molar-refractivity contribution in [3.05, 3.63) is 109 Å². The molecule has 0 aliphatic carbocycles. The fourth-order valence-corrected chi connectivity index (χ4v) is 7.65. The van der Waals surface area contributed by atoms with Crippen LogP contribution in [0.4, 0.5) is 0 Å². The number of carbonyl (C=O) groups is 2. The second-order valence-electron chi connectivity index (χ2n) is 18.4. The zero-order valence-corrected chi connectivity index (χ0v) is 44.6. The topological polar surface area (TPSA) is 61.8 Å². The van der Waals surface area contributed by atoms with E-state index in [1.54, 1.807) is 0 Å². The summed E-state index contributed by atoms with van der Waals surface area (Å²) in [6.45, 7) is 7.56. The summed E-state index contributed by atoms with van der Waals surface area (Å²) in [4.78, 5) is 25.5. The molecular formula is C63H106O5. The maximum Gasteiger partial charge on any atom is 0.306 e. The Labute approximate surface area is 421 Å². The summed E-state index contributed by atoms with van der Waals surface area (Å²) >= 11 is 0. The highest BCUT2D eigenvalue weighted by molar-refractivity contribution is 5.70. The number of hydrogen-bond acceptors (Lipinski definition) is 5. The van der Waals surface area contributed by atoms with Gasteiger partial charge in [-0.25, -0.2) is 0 Å². The number of rotatable bonds is 51. The molecule has 0 aromatic heterocycles. The summed E-state index contributed by atoms with van der Waals surface area (Å²) in [6, 6.07) is 0. The van der Waals surface area contributed by atoms with E-state index in [2.05, 4.69) is 130 Å². The Bertz CT molecular complexity index is 1340. The van der Waals surface area contributed by atoms with E-state index in [1.807, 2.05) is 0 Å². The molecule has 0 heterocycles. The van der Waals surface area contributed by atoms with Crippen molar-refractivity contribution < 1.29 is 23.8 Å². The quantitative estimate of drug-likeness (QED) is 0.0345. The van der Waals surface area contributed by atoms with Gasteiger partial charge in [0.2, 0.25) is 0 Å². The summed E-state index contributed by atoms with van der Waals surface area (Å²) in [5.74, 6) is -0.460. The molecule has 68 heavy (non-hydrogen) atoms. The number of hydrogen-bond donors (Lipinski definition) is 0. The highest BCUT2D eigenvalue weighted by atomic mass is 16.6. The van der Waals surface area contributed by atoms with Crippen molar-refractivity contribution in [3.8, 4) is 0 Å². The Balaban J connectivity index is 4.40. The summed E-state index contributed by atoms with van der Waals surface area (Å²) in [5.41, 5.74) is 0. The van der Waals surface area contributed by atoms with E-state index >= 15 is 0 Å². The van der Waals surface area contributed by atoms with Crippen LogP contribution in [0.25, 0.3) is 0 Å². The van der Waals surface area contributed by atoms with Gasteiger partial charge in [-0.1, -0.05) is 246 Å². The molecule has 5 nitrogen and oxygen atoms in total. The molecule has 0 saturated heterocycles. The molecule has 0 N–H and O–H groups in total. The van der Waals surface area contributed by atoms with Crippen LogP contribution in [0, 0.1) is 0 Å². The first-order valence-corrected chi connectivity index (χ1v) is 28.4. The summed E-state index contributed by atoms with van der Waals surface area (Å²) < 4.78 is 17.4. The van der Waals surface area contributed by atoms with E-state index in [1.165, 1.54) is 89.9 Å². The SMILES string of the molecule is CC/C=C\C/C=C\C/C=C\C/C=C\C/C=C\CCCCCC(=O)O[C@H](COCCCCCCCCCCCCCCCCCC)COC(=O)CCCCCC/C=C\C/C=C\C/C=C\C/C=C\CC. The fraction of sp³-hybridized carbons (Fsp3) is 0.683. The van der Waals surface area contributed by atoms with Gasteiger partial charge in [0.15, 0.2) is 6.10 Å². The van der Waals surface area contributed by atoms with Crippen LogP contribution in [-0.2, 0) is 23.8 Å². The van der Waals surface area contributed by atoms with Crippen LogP contribution >= 0.6 is 0 Å². The highest BCUT2D eigenvalue weighted by Gasteiger charge is 2.17. The zero-order chi connectivity index (χ0) is 49.2. The Morgan fingerprint density at radius 3 is 1.07 bits per heavy atom. The highest BCUT2D eigenvalue weighted by Crippen LogP contribution is 2.15. The lowest BCUT2D eigenvalue weighted by Crippen LogP contribution is -2.30. The van der Waals surface area contributed by atoms with E-state index in [-0.39, 0.29) is 25.2 Å². The van der Waals surface area contributed by atoms with Gasteiger partial charge in [-0.05, 0) is 103 Å². The molecule has 0 saturated carbocycles. The maximum atomic E-state index is 12.9. The molecule has 5 heteroatoms. The third kappa shape index (κ3) is 55.2. The lowest BCUT2D eigenvalue weighted by Gasteiger charge is -2.18. The predicted octanol–water partition coefficient (Wildman–Crippen LogP) is 19.6. The monoisotopic (exact) mass is 943 g/mol. The normalized spacial score (nSPS) is 13.0. The molecule has 0 aliphatic rings. The van der Waals surface area contributed by atoms with Crippen molar-refractivity contribution in [2.45, 2.75) is 258 Å². The molecule has 0 bridgehead atoms. The van der Waals surface area contributed by atoms with E-state index in [0.717, 1.165) is 128 Å². The third-order valence-electron chi connectivity index (χ3n) is 11.8. The van der Waals surface area contributed by atoms with Gasteiger partial charge in [-0.15, -0.1) is 0 Å². The Morgan fingerprint density at radius 1 is 0.338 bits per heavy atom. The second kappa shape index (κ2) is 57.9. The van der Waals surface area contributed by atoms with Crippen LogP contribution in [-0.4, -0.2) is 37.9 Å². The molecule has 1 atom stereocenters. The molecule has 0 rings (SSSR count). The van der Waals surface area contributed by atoms with Gasteiger partial charge < -0.3 is 14.2 Å². The molecule has 0 aromatic carbocycles. The van der Waals surface area contributed by atoms with Crippen LogP contribution in [0.5, 0.6) is 0 Å². The standard InChI is InChI=1S/C63H106O5/c1-4-7-10-13-16-19-22-25-28-31-32-34-36-39-42-45-48-51-54-57-63(65)68-61(59-66-58-55-52-49-46-43-40-37-30-27-24-21-18-15-12-9-6-3)60-67-62(64)56-53-50-47-44-41-38-35-33-29-26-23-20-17-14-11-8-5-2/h7-8,10-11,16-17,19-20,25-26,28-29,32,34-35,38-39,42,61H,4-6,9,12-15,18,21-24,27,30-31,33,36-37,40-41,43-60H2,1-3H3/b10-7-,11-8-,19-16-,20-17-,28-25-,29-26-,34-32-,38-35-,42-39-/t61-/m1/s1. The van der Waals surface area contributed by atoms with E-state index < -0.39 is 6.10 Å². The van der Waals surface area contributed by atoms with Crippen molar-refractivity contribution in [2.75, 3.05) is 19.8 Å². The van der Waals surface area contributed by atoms with Gasteiger partial charge in [0.1, 0.15) is 6.61 Å². The smallest absolute Gasteiger partial charge is 0.306 e. The Morgan fingerprint density at radius 2 is 0.662 bits per heavy atom. The van der Waals surface area contributed by atoms with E-state index in [9.17, 15) is 9.59 Å². The first-order chi connectivity index (χ1) is 33.6. The number of ether oxygens (including phenoxy) is 3. The molecule has 0 spiro atoms. The molecule has 0 unspecified atom stereocenters. The van der Waals surface area contributed by atoms with Crippen molar-refractivity contribution in [1.82, 2.24) is 0 Å². The number of unbranched alkanes of at least 4 members (excludes halogenated alkanes) is 22. The minimum atomic E-state index is -0.570. The first-order valence-electron chi connectivity index (χ1n) is 28.4. The fourth-order valence-electron chi connectivity index (χ4n) is 7.65. The minimum Gasteiger partial charge on any atom is -0.462 e. The van der Waals surface area contributed by atoms with Crippen LogP contribution in [0.2, 0.25) is 0 Å². The third-order valence-corrected chi connectivity index (χ3v) is 11.8. The summed E-state index contributed by atoms with van der Waals surface area (Å²) in [5, 5.41) is 0. The first kappa shape index (κ1) is 64.6. The Hall–Kier alpha value is -3.44. The van der Waals surface area contributed by atoms with Crippen molar-refractivity contribution in [1.29, 1.82) is 0 Å². The van der Waals surface area contributed by atoms with Crippen LogP contribution in [0.1, 0.15) is 252 Å². The molecule has 0 amide bonds. The van der Waals surface area contributed by atoms with Crippen molar-refractivity contribution >= 4 is 11.9 Å². The predicted molar refractivity (Wildman–Crippen MR) is 297 cm³/mol. The van der Waals surface area contributed by atoms with Gasteiger partial charge >= 0.3 is 11.9 Å². The lowest BCUT2D eigenvalue weighted by molar-refractivity contribution is -0.163. The van der Waals surface area contributed by atoms with Gasteiger partial charge in [0, 0.05) is 19.4 Å². The van der Waals surface area contributed by atoms with Gasteiger partial charge in [-0.3, -0.25) is 9.59 Å². The van der Waals surface area contributed by atoms with E-state index in [0.29, 0.717) is 19.4 Å². The molecule has 0 aromatic rings. The summed E-state index contributed by atoms with van der Waals surface area (Å²) in [7, 11) is 0. The number of carbonyl (C=O) groups excluding carboxylic acids is 2. The zero-order valence-electron chi connectivity index (χ0n) is 44.6. The van der Waals surface area contributed by atoms with Gasteiger partial charge in [0.25, 0.3) is 0 Å². The van der Waals surface area contributed by atoms with E-state index in [4.69, 9.17) is 14.2 Å². The molecule has 0 radical (unpaired) electrons. The maximum absolute atomic E-state index is 12.9. The average molecular weight is 944 g/mol. The van der Waals surface area contributed by atoms with Gasteiger partial charge in [-0.2, -0.15) is 0 Å². The molecular weight excluding hydrogens is 837 g/mol. The van der Waals surface area contributed by atoms with Crippen molar-refractivity contribution in [3.63, 3.8) is 0 Å². The van der Waals surface area contributed by atoms with Crippen LogP contribution in [0.15, 0.2) is 109 Å². The summed E-state index contributed by atoms with van der Waals surface area (Å²) in [6.07, 6.45) is 79.6. The molecule has 388 valence electrons. The second-order valence-corrected chi connectivity index (χ2v) is 18.4. The minimum absolute atomic E-state index is 0.0550. The van der Waals surface area contributed by atoms with Gasteiger partial charge in [0.05, 0.1) is 6.61 Å². The number of allylic oxidation sites excluding steroid dienone is 18. The lowest BCUT2D eigenvalue weighted by atomic mass is 10.0.